The van der Waals surface area contributed by atoms with Crippen molar-refractivity contribution in [2.75, 3.05) is 13.1 Å². The average molecular weight is 296 g/mol. The predicted molar refractivity (Wildman–Crippen MR) is 85.1 cm³/mol. The molecule has 2 rings (SSSR count). The number of likely N-dealkylation sites (tertiary alicyclic amines) is 1. The normalized spacial score (nSPS) is 32.0. The van der Waals surface area contributed by atoms with Gasteiger partial charge < -0.3 is 10.4 Å². The van der Waals surface area contributed by atoms with Gasteiger partial charge in [0.05, 0.1) is 12.6 Å². The molecule has 21 heavy (non-hydrogen) atoms. The first kappa shape index (κ1) is 16.8. The molecule has 1 amide bonds. The maximum Gasteiger partial charge on any atom is 0.234 e. The molecule has 1 aliphatic carbocycles. The highest BCUT2D eigenvalue weighted by atomic mass is 16.3. The van der Waals surface area contributed by atoms with Crippen LogP contribution < -0.4 is 5.32 Å². The van der Waals surface area contributed by atoms with Gasteiger partial charge in [0.25, 0.3) is 0 Å². The summed E-state index contributed by atoms with van der Waals surface area (Å²) in [5.41, 5.74) is 0. The zero-order valence-corrected chi connectivity index (χ0v) is 13.7. The first-order valence-electron chi connectivity index (χ1n) is 8.83. The summed E-state index contributed by atoms with van der Waals surface area (Å²) in [6.07, 6.45) is 8.73. The van der Waals surface area contributed by atoms with Crippen molar-refractivity contribution in [2.45, 2.75) is 83.4 Å². The van der Waals surface area contributed by atoms with Gasteiger partial charge in [-0.1, -0.05) is 26.2 Å². The minimum absolute atomic E-state index is 0.148. The molecule has 4 atom stereocenters. The highest BCUT2D eigenvalue weighted by molar-refractivity contribution is 5.78. The molecule has 0 bridgehead atoms. The third-order valence-corrected chi connectivity index (χ3v) is 5.17. The minimum Gasteiger partial charge on any atom is -0.393 e. The van der Waals surface area contributed by atoms with Gasteiger partial charge in [-0.25, -0.2) is 0 Å². The number of rotatable bonds is 6. The van der Waals surface area contributed by atoms with Gasteiger partial charge in [-0.3, -0.25) is 9.69 Å². The van der Waals surface area contributed by atoms with Gasteiger partial charge in [0.15, 0.2) is 0 Å². The summed E-state index contributed by atoms with van der Waals surface area (Å²) >= 11 is 0. The van der Waals surface area contributed by atoms with Crippen LogP contribution in [0, 0.1) is 5.92 Å². The van der Waals surface area contributed by atoms with E-state index in [-0.39, 0.29) is 18.1 Å². The molecule has 1 heterocycles. The molecule has 122 valence electrons. The molecule has 1 aliphatic heterocycles. The van der Waals surface area contributed by atoms with E-state index < -0.39 is 0 Å². The second-order valence-corrected chi connectivity index (χ2v) is 6.95. The number of hydrogen-bond acceptors (Lipinski definition) is 3. The summed E-state index contributed by atoms with van der Waals surface area (Å²) in [7, 11) is 0. The SMILES string of the molecule is CCCC(C)NC(=O)CN1CCCCC1C1CCCC1O. The molecule has 0 spiro atoms. The topological polar surface area (TPSA) is 52.6 Å². The van der Waals surface area contributed by atoms with Crippen molar-refractivity contribution < 1.29 is 9.90 Å². The smallest absolute Gasteiger partial charge is 0.234 e. The number of carbonyl (C=O) groups excluding carboxylic acids is 1. The van der Waals surface area contributed by atoms with Crippen LogP contribution in [0.1, 0.15) is 65.2 Å². The van der Waals surface area contributed by atoms with Crippen molar-refractivity contribution in [3.8, 4) is 0 Å². The maximum atomic E-state index is 12.2. The summed E-state index contributed by atoms with van der Waals surface area (Å²) < 4.78 is 0. The molecule has 0 aromatic heterocycles. The summed E-state index contributed by atoms with van der Waals surface area (Å²) in [6, 6.07) is 0.672. The molecule has 4 nitrogen and oxygen atoms in total. The van der Waals surface area contributed by atoms with Crippen molar-refractivity contribution >= 4 is 5.91 Å². The molecule has 2 N–H and O–H groups in total. The largest absolute Gasteiger partial charge is 0.393 e. The third-order valence-electron chi connectivity index (χ3n) is 5.17. The second kappa shape index (κ2) is 8.14. The number of aliphatic hydroxyl groups excluding tert-OH is 1. The van der Waals surface area contributed by atoms with Crippen LogP contribution in [-0.2, 0) is 4.79 Å². The maximum absolute atomic E-state index is 12.2. The Morgan fingerprint density at radius 1 is 1.29 bits per heavy atom. The van der Waals surface area contributed by atoms with Crippen LogP contribution in [-0.4, -0.2) is 47.2 Å². The highest BCUT2D eigenvalue weighted by Crippen LogP contribution is 2.34. The van der Waals surface area contributed by atoms with Crippen LogP contribution in [0.15, 0.2) is 0 Å². The van der Waals surface area contributed by atoms with E-state index in [1.54, 1.807) is 0 Å². The van der Waals surface area contributed by atoms with Crippen molar-refractivity contribution in [3.05, 3.63) is 0 Å². The molecule has 1 saturated carbocycles. The van der Waals surface area contributed by atoms with Gasteiger partial charge in [0.1, 0.15) is 0 Å². The van der Waals surface area contributed by atoms with E-state index >= 15 is 0 Å². The van der Waals surface area contributed by atoms with Gasteiger partial charge in [0.2, 0.25) is 5.91 Å². The fourth-order valence-corrected chi connectivity index (χ4v) is 4.13. The molecule has 0 aromatic carbocycles. The molecular formula is C17H32N2O2. The van der Waals surface area contributed by atoms with Crippen molar-refractivity contribution in [3.63, 3.8) is 0 Å². The summed E-state index contributed by atoms with van der Waals surface area (Å²) in [4.78, 5) is 14.6. The van der Waals surface area contributed by atoms with Gasteiger partial charge in [-0.15, -0.1) is 0 Å². The molecule has 2 aliphatic rings. The number of aliphatic hydroxyl groups is 1. The Kier molecular flexibility index (Phi) is 6.49. The predicted octanol–water partition coefficient (Wildman–Crippen LogP) is 2.31. The number of hydrogen-bond donors (Lipinski definition) is 2. The fourth-order valence-electron chi connectivity index (χ4n) is 4.13. The van der Waals surface area contributed by atoms with E-state index in [9.17, 15) is 9.90 Å². The van der Waals surface area contributed by atoms with E-state index in [1.807, 2.05) is 0 Å². The monoisotopic (exact) mass is 296 g/mol. The molecule has 0 radical (unpaired) electrons. The Morgan fingerprint density at radius 3 is 2.76 bits per heavy atom. The van der Waals surface area contributed by atoms with Crippen molar-refractivity contribution in [1.82, 2.24) is 10.2 Å². The number of piperidine rings is 1. The fraction of sp³-hybridized carbons (Fsp3) is 0.941. The molecule has 4 heteroatoms. The average Bonchev–Trinajstić information content (AvgIpc) is 2.85. The molecule has 1 saturated heterocycles. The first-order valence-corrected chi connectivity index (χ1v) is 8.83. The van der Waals surface area contributed by atoms with E-state index in [0.717, 1.165) is 45.1 Å². The number of amides is 1. The highest BCUT2D eigenvalue weighted by Gasteiger charge is 2.37. The lowest BCUT2D eigenvalue weighted by atomic mass is 9.87. The zero-order chi connectivity index (χ0) is 15.2. The number of nitrogens with zero attached hydrogens (tertiary/aromatic N) is 1. The molecule has 2 fully saturated rings. The lowest BCUT2D eigenvalue weighted by molar-refractivity contribution is -0.124. The lowest BCUT2D eigenvalue weighted by Crippen LogP contribution is -2.51. The van der Waals surface area contributed by atoms with E-state index in [0.29, 0.717) is 18.5 Å². The quantitative estimate of drug-likeness (QED) is 0.791. The first-order chi connectivity index (χ1) is 10.1. The Bertz CT molecular complexity index is 335. The van der Waals surface area contributed by atoms with Crippen LogP contribution in [0.4, 0.5) is 0 Å². The molecular weight excluding hydrogens is 264 g/mol. The molecule has 0 aromatic rings. The van der Waals surface area contributed by atoms with Crippen molar-refractivity contribution in [2.24, 2.45) is 5.92 Å². The van der Waals surface area contributed by atoms with E-state index in [1.165, 1.54) is 12.8 Å². The summed E-state index contributed by atoms with van der Waals surface area (Å²) in [5, 5.41) is 13.3. The Morgan fingerprint density at radius 2 is 2.10 bits per heavy atom. The van der Waals surface area contributed by atoms with Gasteiger partial charge in [-0.05, 0) is 45.6 Å². The second-order valence-electron chi connectivity index (χ2n) is 6.95. The van der Waals surface area contributed by atoms with Crippen LogP contribution in [0.3, 0.4) is 0 Å². The number of nitrogens with one attached hydrogen (secondary N) is 1. The van der Waals surface area contributed by atoms with E-state index in [4.69, 9.17) is 0 Å². The van der Waals surface area contributed by atoms with Crippen molar-refractivity contribution in [1.29, 1.82) is 0 Å². The third kappa shape index (κ3) is 4.68. The Balaban J connectivity index is 1.88. The zero-order valence-electron chi connectivity index (χ0n) is 13.7. The lowest BCUT2D eigenvalue weighted by Gasteiger charge is -2.40. The van der Waals surface area contributed by atoms with Gasteiger partial charge in [0, 0.05) is 18.0 Å². The van der Waals surface area contributed by atoms with Crippen LogP contribution in [0.25, 0.3) is 0 Å². The number of carbonyl (C=O) groups is 1. The minimum atomic E-state index is -0.155. The summed E-state index contributed by atoms with van der Waals surface area (Å²) in [6.45, 7) is 5.73. The summed E-state index contributed by atoms with van der Waals surface area (Å²) in [5.74, 6) is 0.529. The van der Waals surface area contributed by atoms with Crippen LogP contribution >= 0.6 is 0 Å². The Labute approximate surface area is 129 Å². The molecule has 4 unspecified atom stereocenters. The van der Waals surface area contributed by atoms with Crippen LogP contribution in [0.2, 0.25) is 0 Å². The standard InChI is InChI=1S/C17H32N2O2/c1-3-7-13(2)18-17(21)12-19-11-5-4-9-15(19)14-8-6-10-16(14)20/h13-16,20H,3-12H2,1-2H3,(H,18,21). The Hall–Kier alpha value is -0.610. The van der Waals surface area contributed by atoms with Gasteiger partial charge in [-0.2, -0.15) is 0 Å². The van der Waals surface area contributed by atoms with Crippen LogP contribution in [0.5, 0.6) is 0 Å². The van der Waals surface area contributed by atoms with Gasteiger partial charge >= 0.3 is 0 Å². The van der Waals surface area contributed by atoms with E-state index in [2.05, 4.69) is 24.1 Å².